The van der Waals surface area contributed by atoms with Crippen LogP contribution in [-0.4, -0.2) is 33.3 Å². The summed E-state index contributed by atoms with van der Waals surface area (Å²) in [6, 6.07) is 6.17. The first-order chi connectivity index (χ1) is 9.71. The standard InChI is InChI=1S/C16H27NO2SSi/c1-16(2,3)21(5,6)19-10-9-18-13-7-8-14-15(11-13)20(4)12-17-14/h7-8,11-12,20H,9-10H2,1-6H3. The molecule has 1 heterocycles. The number of thiol groups is 1. The van der Waals surface area contributed by atoms with Gasteiger partial charge in [-0.05, 0) is 42.6 Å². The third-order valence-electron chi connectivity index (χ3n) is 4.32. The molecule has 0 radical (unpaired) electrons. The lowest BCUT2D eigenvalue weighted by Gasteiger charge is -2.36. The van der Waals surface area contributed by atoms with Crippen LogP contribution < -0.4 is 4.74 Å². The van der Waals surface area contributed by atoms with Crippen molar-refractivity contribution in [1.29, 1.82) is 0 Å². The molecular weight excluding hydrogens is 298 g/mol. The molecule has 0 amide bonds. The van der Waals surface area contributed by atoms with Gasteiger partial charge in [0.25, 0.3) is 0 Å². The predicted molar refractivity (Wildman–Crippen MR) is 96.4 cm³/mol. The van der Waals surface area contributed by atoms with Gasteiger partial charge in [0.2, 0.25) is 0 Å². The van der Waals surface area contributed by atoms with Gasteiger partial charge in [-0.25, -0.2) is 0 Å². The van der Waals surface area contributed by atoms with Crippen LogP contribution in [0.3, 0.4) is 0 Å². The van der Waals surface area contributed by atoms with Crippen molar-refractivity contribution < 1.29 is 9.16 Å². The minimum atomic E-state index is -1.67. The van der Waals surface area contributed by atoms with Crippen molar-refractivity contribution in [2.75, 3.05) is 19.5 Å². The molecule has 0 aromatic heterocycles. The van der Waals surface area contributed by atoms with Crippen LogP contribution in [0, 0.1) is 0 Å². The maximum Gasteiger partial charge on any atom is 0.192 e. The summed E-state index contributed by atoms with van der Waals surface area (Å²) in [5, 5.41) is 0.246. The predicted octanol–water partition coefficient (Wildman–Crippen LogP) is 4.75. The molecule has 0 spiro atoms. The summed E-state index contributed by atoms with van der Waals surface area (Å²) in [4.78, 5) is 5.72. The van der Waals surface area contributed by atoms with Crippen LogP contribution in [0.2, 0.25) is 18.1 Å². The quantitative estimate of drug-likeness (QED) is 0.481. The van der Waals surface area contributed by atoms with Gasteiger partial charge in [0.05, 0.1) is 12.3 Å². The number of nitrogens with zero attached hydrogens (tertiary/aromatic N) is 1. The number of hydrogen-bond acceptors (Lipinski definition) is 3. The maximum atomic E-state index is 6.12. The highest BCUT2D eigenvalue weighted by Crippen LogP contribution is 2.44. The average Bonchev–Trinajstić information content (AvgIpc) is 2.75. The number of rotatable bonds is 5. The lowest BCUT2D eigenvalue weighted by molar-refractivity contribution is 0.203. The van der Waals surface area contributed by atoms with E-state index in [0.29, 0.717) is 13.2 Å². The van der Waals surface area contributed by atoms with E-state index in [2.05, 4.69) is 51.2 Å². The van der Waals surface area contributed by atoms with Gasteiger partial charge in [0, 0.05) is 10.4 Å². The number of ether oxygens (including phenoxy) is 1. The van der Waals surface area contributed by atoms with Gasteiger partial charge < -0.3 is 9.16 Å². The Morgan fingerprint density at radius 2 is 1.90 bits per heavy atom. The third-order valence-corrected chi connectivity index (χ3v) is 10.4. The Labute approximate surface area is 132 Å². The summed E-state index contributed by atoms with van der Waals surface area (Å²) in [6.45, 7) is 12.6. The van der Waals surface area contributed by atoms with Crippen molar-refractivity contribution >= 4 is 30.4 Å². The Bertz CT molecular complexity index is 538. The van der Waals surface area contributed by atoms with Gasteiger partial charge in [0.15, 0.2) is 8.32 Å². The van der Waals surface area contributed by atoms with E-state index in [9.17, 15) is 0 Å². The second kappa shape index (κ2) is 6.14. The van der Waals surface area contributed by atoms with Crippen LogP contribution in [0.15, 0.2) is 28.1 Å². The molecule has 0 fully saturated rings. The molecule has 21 heavy (non-hydrogen) atoms. The van der Waals surface area contributed by atoms with E-state index in [4.69, 9.17) is 9.16 Å². The number of hydrogen-bond donors (Lipinski definition) is 1. The van der Waals surface area contributed by atoms with Crippen molar-refractivity contribution in [2.24, 2.45) is 4.99 Å². The van der Waals surface area contributed by atoms with E-state index in [-0.39, 0.29) is 15.9 Å². The molecule has 0 saturated heterocycles. The third kappa shape index (κ3) is 3.90. The maximum absolute atomic E-state index is 6.12. The zero-order valence-corrected chi connectivity index (χ0v) is 15.8. The zero-order valence-electron chi connectivity index (χ0n) is 13.9. The fourth-order valence-electron chi connectivity index (χ4n) is 1.87. The number of benzene rings is 1. The van der Waals surface area contributed by atoms with E-state index >= 15 is 0 Å². The smallest absolute Gasteiger partial charge is 0.192 e. The summed E-state index contributed by atoms with van der Waals surface area (Å²) in [6.07, 6.45) is 2.22. The summed E-state index contributed by atoms with van der Waals surface area (Å²) >= 11 is 0. The highest BCUT2D eigenvalue weighted by molar-refractivity contribution is 8.28. The van der Waals surface area contributed by atoms with Gasteiger partial charge in [-0.1, -0.05) is 20.8 Å². The van der Waals surface area contributed by atoms with E-state index in [0.717, 1.165) is 11.4 Å². The largest absolute Gasteiger partial charge is 0.491 e. The van der Waals surface area contributed by atoms with Crippen molar-refractivity contribution in [3.63, 3.8) is 0 Å². The van der Waals surface area contributed by atoms with Crippen LogP contribution in [0.4, 0.5) is 5.69 Å². The highest BCUT2D eigenvalue weighted by Gasteiger charge is 2.36. The minimum absolute atomic E-state index is 0.246. The first-order valence-electron chi connectivity index (χ1n) is 7.38. The van der Waals surface area contributed by atoms with Crippen molar-refractivity contribution in [3.05, 3.63) is 18.2 Å². The van der Waals surface area contributed by atoms with Crippen LogP contribution in [0.25, 0.3) is 0 Å². The topological polar surface area (TPSA) is 30.8 Å². The van der Waals surface area contributed by atoms with E-state index < -0.39 is 8.32 Å². The molecule has 3 nitrogen and oxygen atoms in total. The summed E-state index contributed by atoms with van der Waals surface area (Å²) in [5.41, 5.74) is 3.14. The van der Waals surface area contributed by atoms with E-state index in [1.54, 1.807) is 0 Å². The van der Waals surface area contributed by atoms with Crippen LogP contribution >= 0.6 is 10.9 Å². The molecule has 1 aromatic rings. The van der Waals surface area contributed by atoms with Gasteiger partial charge in [-0.15, -0.1) is 0 Å². The summed E-state index contributed by atoms with van der Waals surface area (Å²) < 4.78 is 12.0. The molecule has 0 bridgehead atoms. The van der Waals surface area contributed by atoms with Crippen molar-refractivity contribution in [1.82, 2.24) is 0 Å². The molecule has 118 valence electrons. The summed E-state index contributed by atoms with van der Waals surface area (Å²) in [7, 11) is -1.91. The minimum Gasteiger partial charge on any atom is -0.491 e. The first kappa shape index (κ1) is 16.6. The van der Waals surface area contributed by atoms with E-state index in [1.807, 2.05) is 17.7 Å². The fraction of sp³-hybridized carbons (Fsp3) is 0.562. The Balaban J connectivity index is 1.84. The Kier molecular flexibility index (Phi) is 4.85. The molecule has 1 atom stereocenters. The van der Waals surface area contributed by atoms with Gasteiger partial charge >= 0.3 is 0 Å². The molecule has 1 unspecified atom stereocenters. The molecule has 0 N–H and O–H groups in total. The lowest BCUT2D eigenvalue weighted by atomic mass is 10.2. The fourth-order valence-corrected chi connectivity index (χ4v) is 4.14. The molecule has 0 saturated carbocycles. The van der Waals surface area contributed by atoms with Crippen LogP contribution in [0.5, 0.6) is 5.75 Å². The molecule has 1 aromatic carbocycles. The first-order valence-corrected chi connectivity index (χ1v) is 12.2. The van der Waals surface area contributed by atoms with Crippen molar-refractivity contribution in [3.8, 4) is 5.75 Å². The van der Waals surface area contributed by atoms with Gasteiger partial charge in [0.1, 0.15) is 12.4 Å². The number of aliphatic imine (C=N–C) groups is 1. The number of fused-ring (bicyclic) bond motifs is 1. The Hall–Kier alpha value is -0.783. The average molecular weight is 326 g/mol. The SMILES string of the molecule is C[SH]1C=Nc2ccc(OCCO[Si](C)(C)C(C)(C)C)cc21. The summed E-state index contributed by atoms with van der Waals surface area (Å²) in [5.74, 6) is 0.924. The molecule has 2 rings (SSSR count). The lowest BCUT2D eigenvalue weighted by Crippen LogP contribution is -2.41. The normalized spacial score (nSPS) is 19.6. The highest BCUT2D eigenvalue weighted by atomic mass is 32.2. The Morgan fingerprint density at radius 3 is 2.57 bits per heavy atom. The Morgan fingerprint density at radius 1 is 1.19 bits per heavy atom. The van der Waals surface area contributed by atoms with Crippen LogP contribution in [0.1, 0.15) is 20.8 Å². The molecule has 0 aliphatic carbocycles. The molecule has 1 aliphatic heterocycles. The zero-order chi connectivity index (χ0) is 15.7. The van der Waals surface area contributed by atoms with Gasteiger partial charge in [-0.3, -0.25) is 4.99 Å². The molecule has 1 aliphatic rings. The van der Waals surface area contributed by atoms with Crippen LogP contribution in [-0.2, 0) is 4.43 Å². The van der Waals surface area contributed by atoms with Crippen molar-refractivity contribution in [2.45, 2.75) is 43.8 Å². The second-order valence-corrected chi connectivity index (χ2v) is 13.7. The monoisotopic (exact) mass is 325 g/mol. The molecule has 5 heteroatoms. The van der Waals surface area contributed by atoms with E-state index in [1.165, 1.54) is 4.90 Å². The molecular formula is C16H27NO2SSi. The van der Waals surface area contributed by atoms with Gasteiger partial charge in [-0.2, -0.15) is 10.9 Å². The second-order valence-electron chi connectivity index (χ2n) is 6.96.